The molecule has 0 bridgehead atoms. The molecule has 12 atom stereocenters. The lowest BCUT2D eigenvalue weighted by Crippen LogP contribution is -2.61. The molecule has 26 N–H and O–H groups in total. The maximum atomic E-state index is 15.2. The molecule has 0 unspecified atom stereocenters. The summed E-state index contributed by atoms with van der Waals surface area (Å²) in [6, 6.07) is 2.94. The van der Waals surface area contributed by atoms with E-state index in [0.717, 1.165) is 6.92 Å². The van der Waals surface area contributed by atoms with Crippen molar-refractivity contribution in [1.29, 1.82) is 5.41 Å². The van der Waals surface area contributed by atoms with Gasteiger partial charge in [-0.15, -0.1) is 0 Å². The first-order valence-corrected chi connectivity index (χ1v) is 39.9. The van der Waals surface area contributed by atoms with Crippen molar-refractivity contribution in [3.05, 3.63) is 120 Å². The zero-order valence-corrected chi connectivity index (χ0v) is 66.9. The Hall–Kier alpha value is -12.2. The number of phenols is 1. The third-order valence-electron chi connectivity index (χ3n) is 19.2. The minimum atomic E-state index is -1.84. The highest BCUT2D eigenvalue weighted by atomic mass is 32.2. The van der Waals surface area contributed by atoms with Crippen LogP contribution < -0.4 is 86.3 Å². The lowest BCUT2D eigenvalue weighted by Gasteiger charge is -2.30. The Labute approximate surface area is 684 Å². The fourth-order valence-electron chi connectivity index (χ4n) is 12.9. The molecule has 0 saturated carbocycles. The molecule has 14 amide bonds. The number of primary amides is 1. The van der Waals surface area contributed by atoms with Gasteiger partial charge in [0.15, 0.2) is 5.96 Å². The summed E-state index contributed by atoms with van der Waals surface area (Å²) in [5, 5.41) is 81.9. The van der Waals surface area contributed by atoms with Crippen molar-refractivity contribution < 1.29 is 92.3 Å². The molecule has 0 aliphatic carbocycles. The number of aromatic nitrogens is 3. The zero-order valence-electron chi connectivity index (χ0n) is 66.0. The number of likely N-dealkylation sites (tertiary alicyclic amines) is 1. The minimum absolute atomic E-state index is 0.00491. The number of amides is 14. The van der Waals surface area contributed by atoms with Crippen molar-refractivity contribution in [1.82, 2.24) is 89.0 Å². The summed E-state index contributed by atoms with van der Waals surface area (Å²) in [5.41, 5.74) is 19.3. The number of hydrogen-bond donors (Lipinski definition) is 23. The van der Waals surface area contributed by atoms with E-state index in [2.05, 4.69) is 84.1 Å². The van der Waals surface area contributed by atoms with Gasteiger partial charge in [-0.2, -0.15) is 11.8 Å². The van der Waals surface area contributed by atoms with E-state index in [1.54, 1.807) is 80.9 Å². The van der Waals surface area contributed by atoms with Gasteiger partial charge in [0.2, 0.25) is 82.7 Å². The number of hydrogen-bond acceptors (Lipinski definition) is 22. The van der Waals surface area contributed by atoms with Gasteiger partial charge in [0, 0.05) is 81.1 Å². The fraction of sp³-hybridized carbons (Fsp3) is 0.494. The number of H-pyrrole nitrogens is 2. The maximum absolute atomic E-state index is 15.2. The van der Waals surface area contributed by atoms with Gasteiger partial charge in [-0.25, -0.2) is 4.98 Å². The number of rotatable bonds is 50. The summed E-state index contributed by atoms with van der Waals surface area (Å²) in [6.07, 6.45) is 4.64. The van der Waals surface area contributed by atoms with E-state index in [4.69, 9.17) is 22.6 Å². The smallest absolute Gasteiger partial charge is 0.303 e. The molecular weight excluding hydrogens is 1560 g/mol. The highest BCUT2D eigenvalue weighted by Crippen LogP contribution is 2.23. The first-order chi connectivity index (χ1) is 56.3. The number of benzene rings is 3. The van der Waals surface area contributed by atoms with Gasteiger partial charge in [0.05, 0.1) is 26.1 Å². The molecule has 1 saturated heterocycles. The van der Waals surface area contributed by atoms with Crippen LogP contribution in [0.2, 0.25) is 0 Å². The van der Waals surface area contributed by atoms with E-state index in [1.807, 2.05) is 0 Å². The van der Waals surface area contributed by atoms with Crippen LogP contribution in [0, 0.1) is 11.3 Å². The molecule has 3 aromatic carbocycles. The number of imidazole rings is 1. The summed E-state index contributed by atoms with van der Waals surface area (Å²) in [5.74, 6) is -14.9. The predicted octanol–water partition coefficient (Wildman–Crippen LogP) is -4.54. The second-order valence-electron chi connectivity index (χ2n) is 28.7. The normalized spacial score (nSPS) is 15.2. The molecule has 40 nitrogen and oxygen atoms in total. The molecular formula is C77H109N21O19S. The van der Waals surface area contributed by atoms with Crippen LogP contribution in [0.15, 0.2) is 97.6 Å². The van der Waals surface area contributed by atoms with E-state index in [0.29, 0.717) is 46.9 Å². The first-order valence-electron chi connectivity index (χ1n) is 38.5. The number of unbranched alkanes of at least 4 members (excludes halogenated alkanes) is 1. The Balaban J connectivity index is 1.25. The number of nitrogens with two attached hydrogens (primary N) is 3. The Morgan fingerprint density at radius 1 is 0.576 bits per heavy atom. The number of fused-ring (bicyclic) bond motifs is 1. The topological polar surface area (TPSA) is 643 Å². The Bertz CT molecular complexity index is 4250. The van der Waals surface area contributed by atoms with E-state index in [-0.39, 0.29) is 94.1 Å². The number of para-hydroxylation sites is 1. The third-order valence-corrected chi connectivity index (χ3v) is 19.9. The number of thioether (sulfide) groups is 1. The summed E-state index contributed by atoms with van der Waals surface area (Å²) < 4.78 is 0. The predicted molar refractivity (Wildman–Crippen MR) is 431 cm³/mol. The van der Waals surface area contributed by atoms with E-state index >= 15 is 14.4 Å². The van der Waals surface area contributed by atoms with Gasteiger partial charge in [0.25, 0.3) is 0 Å². The largest absolute Gasteiger partial charge is 0.508 e. The molecule has 0 radical (unpaired) electrons. The SMILES string of the molecule is CSCC[C@H](NC(=O)[C@H](CO)NC(=O)[C@H](Cc1ccc(O)cc1)NC(=O)[C@H](CO)NC(C)=O)C(=O)N[C@@H](CCC(=O)O)C(=O)N[C@@H](Cc1cnc[nH]1)C(=O)N[C@H](Cc1ccccc1)C(=O)N[C@@H](CCCNC(=N)N)C(=O)N[C@H](Cc1c[nH]c2ccccc12)C(=O)NCC(=O)N[C@@H](CCCCN)C(=O)N1CCC[C@H]1C(=O)N[C@H](C(N)=O)C(C)C. The van der Waals surface area contributed by atoms with Crippen molar-refractivity contribution in [3.8, 4) is 5.75 Å². The molecule has 6 rings (SSSR count). The number of carbonyl (C=O) groups excluding carboxylic acids is 14. The summed E-state index contributed by atoms with van der Waals surface area (Å²) in [7, 11) is 0. The average molecular weight is 1660 g/mol. The monoisotopic (exact) mass is 1660 g/mol. The highest BCUT2D eigenvalue weighted by molar-refractivity contribution is 7.98. The number of nitrogens with one attached hydrogen (secondary N) is 16. The number of carbonyl (C=O) groups is 15. The number of aliphatic hydroxyl groups is 2. The molecule has 41 heteroatoms. The standard InChI is InChI=1S/C77H109N21O19S/c1-42(2)64(65(79)106)97-75(116)61-20-13-30-98(61)76(117)54(18-10-11-28-78)88-62(103)38-85-66(107)57(34-46-36-84-50-17-9-8-16-49(46)50)94-67(108)51(19-12-29-83-77(80)81)89-70(111)55(32-44-14-6-5-7-15-44)92-72(113)58(35-47-37-82-41-86-47)95-68(109)52(25-26-63(104)105)90-69(110)53(27-31-118-4)91-74(115)60(40-100)96-71(112)56(33-45-21-23-48(102)24-22-45)93-73(114)59(39-99)87-43(3)101/h5-9,14-17,21-24,36-37,41-42,51-61,64,84,99-100,102H,10-13,18-20,25-35,38-40,78H2,1-4H3,(H2,79,106)(H,82,86)(H,85,107)(H,87,101)(H,88,103)(H,89,111)(H,90,110)(H,91,115)(H,92,113)(H,93,114)(H,94,108)(H,95,109)(H,96,112)(H,97,116)(H,104,105)(H4,80,81,83)/t51-,52-,53-,54-,55+,56-,57+,58-,59-,60-,61-,64-/m0/s1. The van der Waals surface area contributed by atoms with E-state index in [9.17, 15) is 78.0 Å². The molecule has 642 valence electrons. The number of aromatic hydroxyl groups is 1. The summed E-state index contributed by atoms with van der Waals surface area (Å²) in [6.45, 7) is 2.20. The van der Waals surface area contributed by atoms with E-state index < -0.39 is 206 Å². The Morgan fingerprint density at radius 2 is 1.09 bits per heavy atom. The Morgan fingerprint density at radius 3 is 1.64 bits per heavy atom. The number of guanidine groups is 1. The number of aliphatic hydroxyl groups excluding tert-OH is 2. The number of aromatic amines is 2. The lowest BCUT2D eigenvalue weighted by atomic mass is 10.0. The minimum Gasteiger partial charge on any atom is -0.508 e. The quantitative estimate of drug-likeness (QED) is 0.00991. The van der Waals surface area contributed by atoms with Crippen LogP contribution in [0.1, 0.15) is 107 Å². The molecule has 1 fully saturated rings. The fourth-order valence-corrected chi connectivity index (χ4v) is 13.4. The summed E-state index contributed by atoms with van der Waals surface area (Å²) >= 11 is 1.23. The van der Waals surface area contributed by atoms with Crippen molar-refractivity contribution in [2.45, 2.75) is 183 Å². The lowest BCUT2D eigenvalue weighted by molar-refractivity contribution is -0.142. The van der Waals surface area contributed by atoms with Crippen molar-refractivity contribution in [3.63, 3.8) is 0 Å². The molecule has 1 aliphatic heterocycles. The molecule has 0 spiro atoms. The van der Waals surface area contributed by atoms with Crippen LogP contribution in [-0.4, -0.2) is 259 Å². The number of aliphatic carboxylic acids is 1. The van der Waals surface area contributed by atoms with Crippen LogP contribution in [0.5, 0.6) is 5.75 Å². The van der Waals surface area contributed by atoms with Crippen molar-refractivity contribution in [2.75, 3.05) is 51.4 Å². The van der Waals surface area contributed by atoms with Crippen molar-refractivity contribution >= 4 is 117 Å². The van der Waals surface area contributed by atoms with Gasteiger partial charge in [-0.1, -0.05) is 74.5 Å². The molecule has 5 aromatic rings. The second-order valence-corrected chi connectivity index (χ2v) is 29.6. The van der Waals surface area contributed by atoms with Crippen LogP contribution in [0.25, 0.3) is 10.9 Å². The average Bonchev–Trinajstić information content (AvgIpc) is 1.64. The van der Waals surface area contributed by atoms with Crippen LogP contribution in [-0.2, 0) is 97.6 Å². The van der Waals surface area contributed by atoms with E-state index in [1.165, 1.54) is 53.5 Å². The van der Waals surface area contributed by atoms with Crippen LogP contribution in [0.3, 0.4) is 0 Å². The second kappa shape index (κ2) is 48.3. The summed E-state index contributed by atoms with van der Waals surface area (Å²) in [4.78, 5) is 220. The van der Waals surface area contributed by atoms with Gasteiger partial charge < -0.3 is 122 Å². The van der Waals surface area contributed by atoms with Crippen LogP contribution in [0.4, 0.5) is 0 Å². The first kappa shape index (κ1) is 94.6. The maximum Gasteiger partial charge on any atom is 0.303 e. The number of carboxylic acid groups (broad SMARTS) is 1. The van der Waals surface area contributed by atoms with Gasteiger partial charge in [-0.05, 0) is 117 Å². The number of carboxylic acids is 1. The zero-order chi connectivity index (χ0) is 86.5. The van der Waals surface area contributed by atoms with Gasteiger partial charge in [-0.3, -0.25) is 77.3 Å². The molecule has 1 aliphatic rings. The van der Waals surface area contributed by atoms with Crippen LogP contribution >= 0.6 is 11.8 Å². The molecule has 2 aromatic heterocycles. The third kappa shape index (κ3) is 30.8. The van der Waals surface area contributed by atoms with Crippen molar-refractivity contribution in [2.24, 2.45) is 23.1 Å². The highest BCUT2D eigenvalue weighted by Gasteiger charge is 2.41. The van der Waals surface area contributed by atoms with Gasteiger partial charge >= 0.3 is 5.97 Å². The Kier molecular flexibility index (Phi) is 38.8. The molecule has 118 heavy (non-hydrogen) atoms. The number of nitrogens with zero attached hydrogens (tertiary/aromatic N) is 2. The molecule has 3 heterocycles. The van der Waals surface area contributed by atoms with Gasteiger partial charge in [0.1, 0.15) is 78.3 Å². The number of phenolic OH excluding ortho intramolecular Hbond substituents is 1.